The maximum atomic E-state index is 11.8. The van der Waals surface area contributed by atoms with E-state index in [1.807, 2.05) is 13.0 Å². The van der Waals surface area contributed by atoms with Crippen molar-refractivity contribution < 1.29 is 15.0 Å². The van der Waals surface area contributed by atoms with E-state index in [-0.39, 0.29) is 5.69 Å². The van der Waals surface area contributed by atoms with Crippen LogP contribution in [-0.2, 0) is 11.2 Å². The van der Waals surface area contributed by atoms with E-state index in [0.29, 0.717) is 5.69 Å². The Morgan fingerprint density at radius 1 is 1.37 bits per heavy atom. The number of rotatable bonds is 3. The number of hydrogen-bond donors (Lipinski definition) is 2. The van der Waals surface area contributed by atoms with Crippen molar-refractivity contribution in [1.29, 1.82) is 0 Å². The molecule has 0 unspecified atom stereocenters. The van der Waals surface area contributed by atoms with Gasteiger partial charge in [-0.2, -0.15) is 9.78 Å². The summed E-state index contributed by atoms with van der Waals surface area (Å²) in [4.78, 5) is 22.5. The fraction of sp³-hybridized carbons (Fsp3) is 0.154. The molecule has 1 aromatic heterocycles. The number of aromatic nitrogens is 2. The van der Waals surface area contributed by atoms with E-state index in [1.54, 1.807) is 18.2 Å². The average Bonchev–Trinajstić information content (AvgIpc) is 2.32. The number of hydrogen-bond acceptors (Lipinski definition) is 4. The Hall–Kier alpha value is -2.63. The number of carbonyl (C=O) groups is 1. The molecule has 0 aliphatic heterocycles. The zero-order valence-corrected chi connectivity index (χ0v) is 10.2. The zero-order chi connectivity index (χ0) is 14.0. The molecule has 0 atom stereocenters. The number of carboxylic acids is 1. The summed E-state index contributed by atoms with van der Waals surface area (Å²) in [5.41, 5.74) is 0.904. The van der Waals surface area contributed by atoms with E-state index in [0.717, 1.165) is 16.3 Å². The highest BCUT2D eigenvalue weighted by Gasteiger charge is 2.12. The van der Waals surface area contributed by atoms with Crippen molar-refractivity contribution in [2.75, 3.05) is 0 Å². The highest BCUT2D eigenvalue weighted by atomic mass is 16.4. The van der Waals surface area contributed by atoms with Crippen LogP contribution in [0.2, 0.25) is 0 Å². The van der Waals surface area contributed by atoms with Crippen LogP contribution in [0.5, 0.6) is 5.75 Å². The topological polar surface area (TPSA) is 92.4 Å². The lowest BCUT2D eigenvalue weighted by Gasteiger charge is -2.08. The van der Waals surface area contributed by atoms with Crippen molar-refractivity contribution in [2.24, 2.45) is 0 Å². The first kappa shape index (κ1) is 12.8. The Bertz CT molecular complexity index is 691. The van der Waals surface area contributed by atoms with E-state index >= 15 is 0 Å². The highest BCUT2D eigenvalue weighted by Crippen LogP contribution is 2.13. The van der Waals surface area contributed by atoms with Gasteiger partial charge in [0.15, 0.2) is 0 Å². The summed E-state index contributed by atoms with van der Waals surface area (Å²) in [5.74, 6) is -1.53. The monoisotopic (exact) mass is 260 g/mol. The third kappa shape index (κ3) is 2.79. The van der Waals surface area contributed by atoms with Crippen LogP contribution in [0.1, 0.15) is 11.3 Å². The molecule has 2 N–H and O–H groups in total. The van der Waals surface area contributed by atoms with Crippen molar-refractivity contribution in [1.82, 2.24) is 9.78 Å². The van der Waals surface area contributed by atoms with Crippen molar-refractivity contribution in [3.63, 3.8) is 0 Å². The molecule has 19 heavy (non-hydrogen) atoms. The van der Waals surface area contributed by atoms with Gasteiger partial charge in [0.05, 0.1) is 12.1 Å². The first-order chi connectivity index (χ1) is 8.97. The Morgan fingerprint density at radius 3 is 2.74 bits per heavy atom. The Morgan fingerprint density at radius 2 is 2.11 bits per heavy atom. The summed E-state index contributed by atoms with van der Waals surface area (Å²) in [5, 5.41) is 22.2. The average molecular weight is 260 g/mol. The van der Waals surface area contributed by atoms with E-state index in [1.165, 1.54) is 0 Å². The lowest BCUT2D eigenvalue weighted by molar-refractivity contribution is -0.136. The van der Waals surface area contributed by atoms with Crippen LogP contribution in [0.4, 0.5) is 0 Å². The molecule has 0 amide bonds. The summed E-state index contributed by atoms with van der Waals surface area (Å²) in [7, 11) is 0. The maximum absolute atomic E-state index is 11.8. The molecule has 2 rings (SSSR count). The molecule has 0 saturated heterocycles. The summed E-state index contributed by atoms with van der Waals surface area (Å²) in [6.07, 6.45) is -0.446. The SMILES string of the molecule is Cc1cccc(-n2nc(CC(=O)O)c(O)cc2=O)c1. The van der Waals surface area contributed by atoms with E-state index in [4.69, 9.17) is 5.11 Å². The van der Waals surface area contributed by atoms with Gasteiger partial charge in [0, 0.05) is 6.07 Å². The van der Waals surface area contributed by atoms with Gasteiger partial charge >= 0.3 is 5.97 Å². The standard InChI is InChI=1S/C13H12N2O4/c1-8-3-2-4-9(5-8)15-12(17)7-11(16)10(14-15)6-13(18)19/h2-5,7,16H,6H2,1H3,(H,18,19). The number of aliphatic carboxylic acids is 1. The first-order valence-electron chi connectivity index (χ1n) is 5.58. The van der Waals surface area contributed by atoms with Crippen molar-refractivity contribution in [3.8, 4) is 11.4 Å². The minimum absolute atomic E-state index is 0.0476. The van der Waals surface area contributed by atoms with Gasteiger partial charge in [-0.25, -0.2) is 0 Å². The fourth-order valence-electron chi connectivity index (χ4n) is 1.70. The number of benzene rings is 1. The number of aromatic hydroxyl groups is 1. The van der Waals surface area contributed by atoms with Gasteiger partial charge in [-0.05, 0) is 24.6 Å². The third-order valence-electron chi connectivity index (χ3n) is 2.55. The summed E-state index contributed by atoms with van der Waals surface area (Å²) < 4.78 is 1.07. The minimum Gasteiger partial charge on any atom is -0.506 e. The van der Waals surface area contributed by atoms with E-state index < -0.39 is 23.7 Å². The van der Waals surface area contributed by atoms with Crippen LogP contribution in [0, 0.1) is 6.92 Å². The van der Waals surface area contributed by atoms with Crippen molar-refractivity contribution in [2.45, 2.75) is 13.3 Å². The first-order valence-corrected chi connectivity index (χ1v) is 5.58. The Kier molecular flexibility index (Phi) is 3.33. The zero-order valence-electron chi connectivity index (χ0n) is 10.2. The maximum Gasteiger partial charge on any atom is 0.309 e. The lowest BCUT2D eigenvalue weighted by Crippen LogP contribution is -2.22. The molecule has 1 heterocycles. The largest absolute Gasteiger partial charge is 0.506 e. The van der Waals surface area contributed by atoms with Gasteiger partial charge in [0.2, 0.25) is 0 Å². The molecule has 98 valence electrons. The minimum atomic E-state index is -1.13. The molecular weight excluding hydrogens is 248 g/mol. The van der Waals surface area contributed by atoms with Crippen LogP contribution in [-0.4, -0.2) is 26.0 Å². The molecular formula is C13H12N2O4. The smallest absolute Gasteiger partial charge is 0.309 e. The molecule has 1 aromatic carbocycles. The van der Waals surface area contributed by atoms with Crippen LogP contribution < -0.4 is 5.56 Å². The van der Waals surface area contributed by atoms with Crippen molar-refractivity contribution in [3.05, 3.63) is 51.9 Å². The molecule has 0 saturated carbocycles. The second kappa shape index (κ2) is 4.93. The number of aryl methyl sites for hydroxylation is 1. The Labute approximate surface area is 108 Å². The second-order valence-electron chi connectivity index (χ2n) is 4.14. The molecule has 2 aromatic rings. The number of carboxylic acid groups (broad SMARTS) is 1. The Balaban J connectivity index is 2.57. The summed E-state index contributed by atoms with van der Waals surface area (Å²) in [6, 6.07) is 8.03. The quantitative estimate of drug-likeness (QED) is 0.854. The third-order valence-corrected chi connectivity index (χ3v) is 2.55. The normalized spacial score (nSPS) is 10.4. The van der Waals surface area contributed by atoms with E-state index in [9.17, 15) is 14.7 Å². The summed E-state index contributed by atoms with van der Waals surface area (Å²) >= 11 is 0. The molecule has 0 aliphatic carbocycles. The second-order valence-corrected chi connectivity index (χ2v) is 4.14. The lowest BCUT2D eigenvalue weighted by atomic mass is 10.2. The molecule has 0 bridgehead atoms. The predicted molar refractivity (Wildman–Crippen MR) is 67.6 cm³/mol. The van der Waals surface area contributed by atoms with Crippen LogP contribution >= 0.6 is 0 Å². The molecule has 6 nitrogen and oxygen atoms in total. The number of nitrogens with zero attached hydrogens (tertiary/aromatic N) is 2. The van der Waals surface area contributed by atoms with Gasteiger partial charge < -0.3 is 10.2 Å². The summed E-state index contributed by atoms with van der Waals surface area (Å²) in [6.45, 7) is 1.87. The molecule has 0 spiro atoms. The van der Waals surface area contributed by atoms with Crippen LogP contribution in [0.15, 0.2) is 35.1 Å². The van der Waals surface area contributed by atoms with Crippen molar-refractivity contribution >= 4 is 5.97 Å². The fourth-order valence-corrected chi connectivity index (χ4v) is 1.70. The predicted octanol–water partition coefficient (Wildman–Crippen LogP) is 0.874. The van der Waals surface area contributed by atoms with Crippen LogP contribution in [0.3, 0.4) is 0 Å². The van der Waals surface area contributed by atoms with Gasteiger partial charge in [-0.1, -0.05) is 12.1 Å². The molecule has 0 aliphatic rings. The molecule has 0 fully saturated rings. The molecule has 6 heteroatoms. The van der Waals surface area contributed by atoms with Gasteiger partial charge in [0.1, 0.15) is 11.4 Å². The van der Waals surface area contributed by atoms with Gasteiger partial charge in [0.25, 0.3) is 5.56 Å². The van der Waals surface area contributed by atoms with E-state index in [2.05, 4.69) is 5.10 Å². The van der Waals surface area contributed by atoms with Crippen LogP contribution in [0.25, 0.3) is 5.69 Å². The molecule has 0 radical (unpaired) electrons. The highest BCUT2D eigenvalue weighted by molar-refractivity contribution is 5.70. The van der Waals surface area contributed by atoms with Gasteiger partial charge in [-0.15, -0.1) is 0 Å². The van der Waals surface area contributed by atoms with Gasteiger partial charge in [-0.3, -0.25) is 9.59 Å².